The van der Waals surface area contributed by atoms with Gasteiger partial charge in [-0.15, -0.1) is 6.58 Å². The van der Waals surface area contributed by atoms with E-state index in [1.165, 1.54) is 12.8 Å². The molecule has 1 fully saturated rings. The van der Waals surface area contributed by atoms with Crippen molar-refractivity contribution in [3.8, 4) is 0 Å². The smallest absolute Gasteiger partial charge is 0.0587 e. The maximum atomic E-state index is 5.73. The fourth-order valence-corrected chi connectivity index (χ4v) is 1.47. The van der Waals surface area contributed by atoms with E-state index in [2.05, 4.69) is 18.8 Å². The van der Waals surface area contributed by atoms with Crippen LogP contribution in [0.25, 0.3) is 0 Å². The summed E-state index contributed by atoms with van der Waals surface area (Å²) >= 11 is 0. The van der Waals surface area contributed by atoms with E-state index in [0.717, 1.165) is 38.8 Å². The molecule has 0 aromatic carbocycles. The zero-order chi connectivity index (χ0) is 11.9. The molecule has 0 bridgehead atoms. The van der Waals surface area contributed by atoms with Crippen LogP contribution >= 0.6 is 0 Å². The number of rotatable bonds is 10. The molecule has 1 aliphatic carbocycles. The van der Waals surface area contributed by atoms with Crippen molar-refractivity contribution in [2.24, 2.45) is 11.3 Å². The van der Waals surface area contributed by atoms with E-state index in [4.69, 9.17) is 9.47 Å². The second-order valence-corrected chi connectivity index (χ2v) is 4.99. The lowest BCUT2D eigenvalue weighted by Crippen LogP contribution is -2.35. The lowest BCUT2D eigenvalue weighted by Gasteiger charge is -2.26. The average Bonchev–Trinajstić information content (AvgIpc) is 3.09. The van der Waals surface area contributed by atoms with Crippen LogP contribution in [-0.4, -0.2) is 40.0 Å². The van der Waals surface area contributed by atoms with Gasteiger partial charge in [0.15, 0.2) is 0 Å². The third kappa shape index (κ3) is 5.64. The molecule has 0 amide bonds. The Kier molecular flexibility index (Phi) is 6.03. The Balaban J connectivity index is 2.10. The van der Waals surface area contributed by atoms with Gasteiger partial charge >= 0.3 is 0 Å². The van der Waals surface area contributed by atoms with E-state index in [0.29, 0.717) is 0 Å². The van der Waals surface area contributed by atoms with Gasteiger partial charge in [0.1, 0.15) is 0 Å². The van der Waals surface area contributed by atoms with Gasteiger partial charge in [-0.2, -0.15) is 0 Å². The second kappa shape index (κ2) is 7.05. The summed E-state index contributed by atoms with van der Waals surface area (Å²) in [6, 6.07) is 0. The molecule has 16 heavy (non-hydrogen) atoms. The molecule has 1 saturated carbocycles. The molecule has 0 radical (unpaired) electrons. The zero-order valence-electron chi connectivity index (χ0n) is 10.6. The average molecular weight is 227 g/mol. The van der Waals surface area contributed by atoms with Crippen LogP contribution in [0.3, 0.4) is 0 Å². The number of nitrogens with one attached hydrogen (secondary N) is 1. The Labute approximate surface area is 99.2 Å². The summed E-state index contributed by atoms with van der Waals surface area (Å²) in [6.07, 6.45) is 4.67. The maximum Gasteiger partial charge on any atom is 0.0587 e. The summed E-state index contributed by atoms with van der Waals surface area (Å²) in [7, 11) is 1.72. The van der Waals surface area contributed by atoms with Crippen molar-refractivity contribution in [2.75, 3.05) is 40.0 Å². The van der Waals surface area contributed by atoms with Crippen molar-refractivity contribution in [3.63, 3.8) is 0 Å². The number of ether oxygens (including phenoxy) is 2. The number of hydrogen-bond acceptors (Lipinski definition) is 3. The minimum Gasteiger partial charge on any atom is -0.383 e. The highest BCUT2D eigenvalue weighted by Crippen LogP contribution is 2.29. The first kappa shape index (κ1) is 13.7. The van der Waals surface area contributed by atoms with Crippen molar-refractivity contribution < 1.29 is 9.47 Å². The summed E-state index contributed by atoms with van der Waals surface area (Å²) < 4.78 is 10.7. The van der Waals surface area contributed by atoms with Gasteiger partial charge in [0, 0.05) is 32.2 Å². The van der Waals surface area contributed by atoms with Crippen LogP contribution in [0.2, 0.25) is 0 Å². The SMILES string of the molecule is C=CC(C)(CNCCOC)COCC1CC1. The molecule has 3 nitrogen and oxygen atoms in total. The van der Waals surface area contributed by atoms with Crippen molar-refractivity contribution in [1.29, 1.82) is 0 Å². The molecule has 1 unspecified atom stereocenters. The van der Waals surface area contributed by atoms with Crippen molar-refractivity contribution >= 4 is 0 Å². The van der Waals surface area contributed by atoms with Gasteiger partial charge in [-0.05, 0) is 18.8 Å². The lowest BCUT2D eigenvalue weighted by atomic mass is 9.92. The van der Waals surface area contributed by atoms with E-state index >= 15 is 0 Å². The summed E-state index contributed by atoms with van der Waals surface area (Å²) in [5.41, 5.74) is 0.0304. The van der Waals surface area contributed by atoms with Gasteiger partial charge in [0.25, 0.3) is 0 Å². The summed E-state index contributed by atoms with van der Waals surface area (Å²) in [5.74, 6) is 0.829. The Morgan fingerprint density at radius 1 is 1.50 bits per heavy atom. The topological polar surface area (TPSA) is 30.5 Å². The van der Waals surface area contributed by atoms with E-state index in [1.54, 1.807) is 7.11 Å². The molecular weight excluding hydrogens is 202 g/mol. The molecule has 0 heterocycles. The van der Waals surface area contributed by atoms with Crippen molar-refractivity contribution in [2.45, 2.75) is 19.8 Å². The van der Waals surface area contributed by atoms with Crippen LogP contribution in [-0.2, 0) is 9.47 Å². The first-order valence-corrected chi connectivity index (χ1v) is 6.11. The highest BCUT2D eigenvalue weighted by atomic mass is 16.5. The summed E-state index contributed by atoms with van der Waals surface area (Å²) in [4.78, 5) is 0. The van der Waals surface area contributed by atoms with Crippen molar-refractivity contribution in [1.82, 2.24) is 5.32 Å². The number of hydrogen-bond donors (Lipinski definition) is 1. The zero-order valence-corrected chi connectivity index (χ0v) is 10.6. The van der Waals surface area contributed by atoms with E-state index in [9.17, 15) is 0 Å². The first-order valence-electron chi connectivity index (χ1n) is 6.11. The van der Waals surface area contributed by atoms with Crippen LogP contribution < -0.4 is 5.32 Å². The van der Waals surface area contributed by atoms with Gasteiger partial charge in [-0.1, -0.05) is 13.0 Å². The maximum absolute atomic E-state index is 5.73. The molecule has 0 aliphatic heterocycles. The number of methoxy groups -OCH3 is 1. The molecule has 3 heteroatoms. The minimum atomic E-state index is 0.0304. The third-order valence-electron chi connectivity index (χ3n) is 2.99. The molecule has 0 aromatic rings. The second-order valence-electron chi connectivity index (χ2n) is 4.99. The lowest BCUT2D eigenvalue weighted by molar-refractivity contribution is 0.0677. The molecule has 94 valence electrons. The highest BCUT2D eigenvalue weighted by molar-refractivity contribution is 4.93. The van der Waals surface area contributed by atoms with Crippen LogP contribution in [0.5, 0.6) is 0 Å². The minimum absolute atomic E-state index is 0.0304. The van der Waals surface area contributed by atoms with E-state index in [1.807, 2.05) is 6.08 Å². The predicted octanol–water partition coefficient (Wildman–Crippen LogP) is 1.84. The van der Waals surface area contributed by atoms with Crippen LogP contribution in [0, 0.1) is 11.3 Å². The van der Waals surface area contributed by atoms with Gasteiger partial charge in [0.2, 0.25) is 0 Å². The van der Waals surface area contributed by atoms with E-state index < -0.39 is 0 Å². The molecule has 0 saturated heterocycles. The Morgan fingerprint density at radius 2 is 2.25 bits per heavy atom. The molecule has 1 atom stereocenters. The standard InChI is InChI=1S/C13H25NO2/c1-4-13(2,10-14-7-8-15-3)11-16-9-12-5-6-12/h4,12,14H,1,5-11H2,2-3H3. The molecular formula is C13H25NO2. The van der Waals surface area contributed by atoms with Gasteiger partial charge in [-0.25, -0.2) is 0 Å². The van der Waals surface area contributed by atoms with Crippen LogP contribution in [0.1, 0.15) is 19.8 Å². The van der Waals surface area contributed by atoms with Crippen molar-refractivity contribution in [3.05, 3.63) is 12.7 Å². The molecule has 1 N–H and O–H groups in total. The normalized spacial score (nSPS) is 19.4. The fraction of sp³-hybridized carbons (Fsp3) is 0.846. The monoisotopic (exact) mass is 227 g/mol. The largest absolute Gasteiger partial charge is 0.383 e. The summed E-state index contributed by atoms with van der Waals surface area (Å²) in [6.45, 7) is 10.3. The van der Waals surface area contributed by atoms with Gasteiger partial charge in [0.05, 0.1) is 13.2 Å². The molecule has 1 aliphatic rings. The van der Waals surface area contributed by atoms with Gasteiger partial charge < -0.3 is 14.8 Å². The van der Waals surface area contributed by atoms with Gasteiger partial charge in [-0.3, -0.25) is 0 Å². The molecule has 0 aromatic heterocycles. The third-order valence-corrected chi connectivity index (χ3v) is 2.99. The molecule has 1 rings (SSSR count). The Morgan fingerprint density at radius 3 is 2.81 bits per heavy atom. The summed E-state index contributed by atoms with van der Waals surface area (Å²) in [5, 5.41) is 3.36. The Hall–Kier alpha value is -0.380. The van der Waals surface area contributed by atoms with Crippen LogP contribution in [0.4, 0.5) is 0 Å². The fourth-order valence-electron chi connectivity index (χ4n) is 1.47. The molecule has 0 spiro atoms. The van der Waals surface area contributed by atoms with E-state index in [-0.39, 0.29) is 5.41 Å². The highest BCUT2D eigenvalue weighted by Gasteiger charge is 2.24. The Bertz CT molecular complexity index is 204. The quantitative estimate of drug-likeness (QED) is 0.456. The predicted molar refractivity (Wildman–Crippen MR) is 66.6 cm³/mol. The first-order chi connectivity index (χ1) is 7.70. The van der Waals surface area contributed by atoms with Crippen LogP contribution in [0.15, 0.2) is 12.7 Å².